The third-order valence-corrected chi connectivity index (χ3v) is 4.33. The molecule has 0 aromatic heterocycles. The Labute approximate surface area is 153 Å². The fourth-order valence-electron chi connectivity index (χ4n) is 2.82. The van der Waals surface area contributed by atoms with Gasteiger partial charge in [0.2, 0.25) is 11.8 Å². The summed E-state index contributed by atoms with van der Waals surface area (Å²) in [5.41, 5.74) is 1.16. The van der Waals surface area contributed by atoms with E-state index in [1.54, 1.807) is 7.11 Å². The number of ether oxygens (including phenoxy) is 1. The van der Waals surface area contributed by atoms with Gasteiger partial charge in [-0.15, -0.1) is 0 Å². The van der Waals surface area contributed by atoms with Gasteiger partial charge in [-0.2, -0.15) is 0 Å². The number of hydrogen-bond donors (Lipinski definition) is 3. The predicted octanol–water partition coefficient (Wildman–Crippen LogP) is 0.274. The number of nitrogens with zero attached hydrogens (tertiary/aromatic N) is 1. The van der Waals surface area contributed by atoms with Crippen LogP contribution in [0.15, 0.2) is 24.3 Å². The maximum Gasteiger partial charge on any atom is 0.318 e. The average molecular weight is 362 g/mol. The van der Waals surface area contributed by atoms with Gasteiger partial charge in [-0.3, -0.25) is 9.59 Å². The lowest BCUT2D eigenvalue weighted by atomic mass is 10.1. The SMILES string of the molecule is CNC(=O)CC1C(=O)NCCN1C(=O)NCCCc1ccc(OC)cc1. The number of hydrogen-bond acceptors (Lipinski definition) is 4. The Hall–Kier alpha value is -2.77. The average Bonchev–Trinajstić information content (AvgIpc) is 2.66. The zero-order valence-electron chi connectivity index (χ0n) is 15.2. The fraction of sp³-hybridized carbons (Fsp3) is 0.500. The molecule has 1 aliphatic heterocycles. The molecule has 1 aromatic rings. The normalized spacial score (nSPS) is 16.6. The molecule has 1 aliphatic rings. The lowest BCUT2D eigenvalue weighted by Crippen LogP contribution is -2.60. The summed E-state index contributed by atoms with van der Waals surface area (Å²) in [5.74, 6) is 0.241. The van der Waals surface area contributed by atoms with Gasteiger partial charge in [0.1, 0.15) is 11.8 Å². The fourth-order valence-corrected chi connectivity index (χ4v) is 2.82. The minimum Gasteiger partial charge on any atom is -0.497 e. The third-order valence-electron chi connectivity index (χ3n) is 4.33. The summed E-state index contributed by atoms with van der Waals surface area (Å²) in [6.07, 6.45) is 1.56. The van der Waals surface area contributed by atoms with E-state index >= 15 is 0 Å². The molecular weight excluding hydrogens is 336 g/mol. The Balaban J connectivity index is 1.80. The number of benzene rings is 1. The topological polar surface area (TPSA) is 99.8 Å². The first-order chi connectivity index (χ1) is 12.5. The van der Waals surface area contributed by atoms with Crippen molar-refractivity contribution in [1.82, 2.24) is 20.9 Å². The van der Waals surface area contributed by atoms with Crippen molar-refractivity contribution in [2.24, 2.45) is 0 Å². The molecule has 4 amide bonds. The quantitative estimate of drug-likeness (QED) is 0.607. The van der Waals surface area contributed by atoms with Crippen LogP contribution in [0.5, 0.6) is 5.75 Å². The molecule has 0 aliphatic carbocycles. The first kappa shape index (κ1) is 19.6. The van der Waals surface area contributed by atoms with Crippen LogP contribution in [-0.2, 0) is 16.0 Å². The second-order valence-corrected chi connectivity index (χ2v) is 6.06. The van der Waals surface area contributed by atoms with E-state index in [1.165, 1.54) is 11.9 Å². The molecule has 142 valence electrons. The van der Waals surface area contributed by atoms with Crippen LogP contribution < -0.4 is 20.7 Å². The molecule has 26 heavy (non-hydrogen) atoms. The molecule has 0 saturated carbocycles. The molecule has 0 bridgehead atoms. The molecule has 1 heterocycles. The van der Waals surface area contributed by atoms with Crippen LogP contribution in [0.25, 0.3) is 0 Å². The molecule has 8 heteroatoms. The summed E-state index contributed by atoms with van der Waals surface area (Å²) in [6.45, 7) is 1.27. The second kappa shape index (κ2) is 9.65. The van der Waals surface area contributed by atoms with Crippen LogP contribution in [0.4, 0.5) is 4.79 Å². The first-order valence-corrected chi connectivity index (χ1v) is 8.71. The van der Waals surface area contributed by atoms with Crippen molar-refractivity contribution < 1.29 is 19.1 Å². The minimum atomic E-state index is -0.773. The molecule has 1 saturated heterocycles. The summed E-state index contributed by atoms with van der Waals surface area (Å²) in [4.78, 5) is 37.4. The van der Waals surface area contributed by atoms with E-state index in [4.69, 9.17) is 4.74 Å². The van der Waals surface area contributed by atoms with E-state index in [-0.39, 0.29) is 24.3 Å². The van der Waals surface area contributed by atoms with Crippen molar-refractivity contribution in [3.63, 3.8) is 0 Å². The van der Waals surface area contributed by atoms with E-state index in [1.807, 2.05) is 24.3 Å². The summed E-state index contributed by atoms with van der Waals surface area (Å²) >= 11 is 0. The predicted molar refractivity (Wildman–Crippen MR) is 96.9 cm³/mol. The number of amides is 4. The van der Waals surface area contributed by atoms with Crippen molar-refractivity contribution in [3.8, 4) is 5.75 Å². The highest BCUT2D eigenvalue weighted by Gasteiger charge is 2.34. The van der Waals surface area contributed by atoms with Crippen molar-refractivity contribution in [2.75, 3.05) is 33.8 Å². The van der Waals surface area contributed by atoms with E-state index in [2.05, 4.69) is 16.0 Å². The van der Waals surface area contributed by atoms with E-state index in [0.717, 1.165) is 24.2 Å². The number of aryl methyl sites for hydroxylation is 1. The summed E-state index contributed by atoms with van der Waals surface area (Å²) < 4.78 is 5.12. The third kappa shape index (κ3) is 5.37. The largest absolute Gasteiger partial charge is 0.497 e. The van der Waals surface area contributed by atoms with E-state index in [0.29, 0.717) is 19.6 Å². The summed E-state index contributed by atoms with van der Waals surface area (Å²) in [5, 5.41) is 8.02. The van der Waals surface area contributed by atoms with Crippen LogP contribution >= 0.6 is 0 Å². The van der Waals surface area contributed by atoms with Crippen LogP contribution in [0.1, 0.15) is 18.4 Å². The number of carbonyl (C=O) groups excluding carboxylic acids is 3. The van der Waals surface area contributed by atoms with Gasteiger partial charge in [0, 0.05) is 26.7 Å². The van der Waals surface area contributed by atoms with Crippen LogP contribution in [0, 0.1) is 0 Å². The van der Waals surface area contributed by atoms with Crippen molar-refractivity contribution in [3.05, 3.63) is 29.8 Å². The van der Waals surface area contributed by atoms with Gasteiger partial charge >= 0.3 is 6.03 Å². The van der Waals surface area contributed by atoms with E-state index < -0.39 is 6.04 Å². The van der Waals surface area contributed by atoms with Gasteiger partial charge < -0.3 is 25.6 Å². The summed E-state index contributed by atoms with van der Waals surface area (Å²) in [6, 6.07) is 6.71. The highest BCUT2D eigenvalue weighted by molar-refractivity contribution is 5.92. The maximum absolute atomic E-state index is 12.4. The molecule has 3 N–H and O–H groups in total. The molecule has 1 atom stereocenters. The van der Waals surface area contributed by atoms with Crippen LogP contribution in [0.2, 0.25) is 0 Å². The Morgan fingerprint density at radius 2 is 2.04 bits per heavy atom. The minimum absolute atomic E-state index is 0.0401. The smallest absolute Gasteiger partial charge is 0.318 e. The molecule has 0 radical (unpaired) electrons. The zero-order valence-corrected chi connectivity index (χ0v) is 15.2. The molecule has 2 rings (SSSR count). The van der Waals surface area contributed by atoms with Crippen molar-refractivity contribution in [1.29, 1.82) is 0 Å². The van der Waals surface area contributed by atoms with Gasteiger partial charge in [0.05, 0.1) is 13.5 Å². The molecule has 1 aromatic carbocycles. The van der Waals surface area contributed by atoms with Gasteiger partial charge in [0.15, 0.2) is 0 Å². The lowest BCUT2D eigenvalue weighted by molar-refractivity contribution is -0.132. The maximum atomic E-state index is 12.4. The number of piperazine rings is 1. The zero-order chi connectivity index (χ0) is 18.9. The highest BCUT2D eigenvalue weighted by atomic mass is 16.5. The van der Waals surface area contributed by atoms with Gasteiger partial charge in [0.25, 0.3) is 0 Å². The molecule has 1 fully saturated rings. The van der Waals surface area contributed by atoms with E-state index in [9.17, 15) is 14.4 Å². The monoisotopic (exact) mass is 362 g/mol. The molecule has 0 spiro atoms. The van der Waals surface area contributed by atoms with Crippen LogP contribution in [-0.4, -0.2) is 62.6 Å². The van der Waals surface area contributed by atoms with Crippen LogP contribution in [0.3, 0.4) is 0 Å². The van der Waals surface area contributed by atoms with Gasteiger partial charge in [-0.05, 0) is 30.5 Å². The Kier molecular flexibility index (Phi) is 7.25. The Morgan fingerprint density at radius 1 is 1.31 bits per heavy atom. The number of carbonyl (C=O) groups is 3. The number of methoxy groups -OCH3 is 1. The lowest BCUT2D eigenvalue weighted by Gasteiger charge is -2.34. The molecular formula is C18H26N4O4. The molecule has 8 nitrogen and oxygen atoms in total. The summed E-state index contributed by atoms with van der Waals surface area (Å²) in [7, 11) is 3.13. The van der Waals surface area contributed by atoms with Gasteiger partial charge in [-0.1, -0.05) is 12.1 Å². The Morgan fingerprint density at radius 3 is 2.69 bits per heavy atom. The number of nitrogens with one attached hydrogen (secondary N) is 3. The Bertz CT molecular complexity index is 633. The molecule has 1 unspecified atom stereocenters. The standard InChI is InChI=1S/C18H26N4O4/c1-19-16(23)12-15-17(24)20-10-11-22(15)18(25)21-9-3-4-13-5-7-14(26-2)8-6-13/h5-8,15H,3-4,9-12H2,1-2H3,(H,19,23)(H,20,24)(H,21,25). The van der Waals surface area contributed by atoms with Crippen molar-refractivity contribution >= 4 is 17.8 Å². The number of urea groups is 1. The van der Waals surface area contributed by atoms with Crippen molar-refractivity contribution in [2.45, 2.75) is 25.3 Å². The van der Waals surface area contributed by atoms with Gasteiger partial charge in [-0.25, -0.2) is 4.79 Å². The number of rotatable bonds is 7. The first-order valence-electron chi connectivity index (χ1n) is 8.71. The second-order valence-electron chi connectivity index (χ2n) is 6.06. The highest BCUT2D eigenvalue weighted by Crippen LogP contribution is 2.13.